The Balaban J connectivity index is -0.000000269. The first-order chi connectivity index (χ1) is 9.89. The molecular formula is C12H13N2Na3O5S2-2. The minimum absolute atomic E-state index is 0. The third-order valence-electron chi connectivity index (χ3n) is 2.95. The van der Waals surface area contributed by atoms with Crippen LogP contribution in [0.3, 0.4) is 0 Å². The molecule has 3 unspecified atom stereocenters. The van der Waals surface area contributed by atoms with Gasteiger partial charge >= 0.3 is 88.7 Å². The normalized spacial score (nSPS) is 20.9. The summed E-state index contributed by atoms with van der Waals surface area (Å²) in [5.41, 5.74) is 0.182. The van der Waals surface area contributed by atoms with Gasteiger partial charge in [-0.1, -0.05) is 12.2 Å². The minimum Gasteiger partial charge on any atom is -1.00 e. The smallest absolute Gasteiger partial charge is 1.00 e. The number of anilines is 1. The summed E-state index contributed by atoms with van der Waals surface area (Å²) in [6.07, 6.45) is 5.08. The van der Waals surface area contributed by atoms with Crippen molar-refractivity contribution < 1.29 is 115 Å². The summed E-state index contributed by atoms with van der Waals surface area (Å²) < 4.78 is 44.7. The number of carbonyl (C=O) groups is 1. The molecule has 2 N–H and O–H groups in total. The minimum atomic E-state index is -2.84. The second-order valence-electron chi connectivity index (χ2n) is 4.11. The van der Waals surface area contributed by atoms with E-state index >= 15 is 0 Å². The molecule has 12 heteroatoms. The van der Waals surface area contributed by atoms with Crippen molar-refractivity contribution in [2.24, 2.45) is 5.84 Å². The predicted molar refractivity (Wildman–Crippen MR) is 78.6 cm³/mol. The molecule has 1 aromatic rings. The number of ketones is 1. The van der Waals surface area contributed by atoms with Crippen LogP contribution in [0.1, 0.15) is 4.28 Å². The fraction of sp³-hybridized carbons (Fsp3) is 0.0833. The van der Waals surface area contributed by atoms with E-state index in [2.05, 4.69) is 0 Å². The van der Waals surface area contributed by atoms with E-state index < -0.39 is 32.8 Å². The van der Waals surface area contributed by atoms with E-state index in [-0.39, 0.29) is 104 Å². The molecule has 1 aliphatic rings. The Morgan fingerprint density at radius 1 is 1.04 bits per heavy atom. The summed E-state index contributed by atoms with van der Waals surface area (Å²) in [5, 5.41) is 0.788. The Bertz CT molecular complexity index is 697. The van der Waals surface area contributed by atoms with Crippen LogP contribution in [0.2, 0.25) is 0 Å². The molecule has 1 aliphatic carbocycles. The average molecular weight is 398 g/mol. The van der Waals surface area contributed by atoms with Crippen LogP contribution in [-0.2, 0) is 27.0 Å². The Labute approximate surface area is 215 Å². The van der Waals surface area contributed by atoms with Gasteiger partial charge in [-0.15, -0.1) is 0 Å². The number of carbonyl (C=O) groups excluding carboxylic acids is 1. The second kappa shape index (κ2) is 11.9. The first-order valence-corrected chi connectivity index (χ1v) is 7.78. The van der Waals surface area contributed by atoms with Gasteiger partial charge in [-0.2, -0.15) is 0 Å². The van der Waals surface area contributed by atoms with Gasteiger partial charge < -0.3 is 13.4 Å². The van der Waals surface area contributed by atoms with E-state index in [1.165, 1.54) is 36.4 Å². The first kappa shape index (κ1) is 27.6. The molecule has 24 heavy (non-hydrogen) atoms. The van der Waals surface area contributed by atoms with Crippen molar-refractivity contribution in [1.82, 2.24) is 0 Å². The quantitative estimate of drug-likeness (QED) is 0.231. The van der Waals surface area contributed by atoms with Crippen LogP contribution in [0.4, 0.5) is 5.69 Å². The van der Waals surface area contributed by atoms with Gasteiger partial charge in [0.05, 0.1) is 5.69 Å². The summed E-state index contributed by atoms with van der Waals surface area (Å²) >= 11 is -5.25. The van der Waals surface area contributed by atoms with Crippen molar-refractivity contribution in [3.8, 4) is 0 Å². The summed E-state index contributed by atoms with van der Waals surface area (Å²) in [4.78, 5) is 9.97. The zero-order valence-corrected chi connectivity index (χ0v) is 21.1. The van der Waals surface area contributed by atoms with Crippen molar-refractivity contribution in [3.05, 3.63) is 48.6 Å². The molecule has 1 aromatic carbocycles. The summed E-state index contributed by atoms with van der Waals surface area (Å²) in [6, 6.07) is 5.15. The Hall–Kier alpha value is 1.35. The Morgan fingerprint density at radius 3 is 2.00 bits per heavy atom. The zero-order chi connectivity index (χ0) is 15.6. The molecule has 3 atom stereocenters. The van der Waals surface area contributed by atoms with Crippen molar-refractivity contribution >= 4 is 33.6 Å². The SMILES string of the molecule is NN(c1ccc(S(=O)[O-])cc1)C1(S(=O)[O-])C=CC=CC1=O.[H-].[H-].[H-].[Na+].[Na+].[Na+]. The average Bonchev–Trinajstić information content (AvgIpc) is 2.47. The molecule has 0 saturated heterocycles. The zero-order valence-electron chi connectivity index (χ0n) is 16.5. The van der Waals surface area contributed by atoms with Gasteiger partial charge in [-0.25, -0.2) is 5.84 Å². The number of hydrazine groups is 1. The van der Waals surface area contributed by atoms with Crippen molar-refractivity contribution in [2.75, 3.05) is 5.01 Å². The summed E-state index contributed by atoms with van der Waals surface area (Å²) in [5.74, 6) is 5.09. The molecule has 7 nitrogen and oxygen atoms in total. The van der Waals surface area contributed by atoms with Gasteiger partial charge in [-0.05, 0) is 58.6 Å². The molecule has 0 radical (unpaired) electrons. The van der Waals surface area contributed by atoms with E-state index in [4.69, 9.17) is 5.84 Å². The maximum atomic E-state index is 12.0. The predicted octanol–water partition coefficient (Wildman–Crippen LogP) is -8.78. The number of hydrogen-bond donors (Lipinski definition) is 1. The maximum absolute atomic E-state index is 12.0. The number of allylic oxidation sites excluding steroid dienone is 2. The van der Waals surface area contributed by atoms with Gasteiger partial charge in [0.15, 0.2) is 10.7 Å². The molecule has 0 fully saturated rings. The third-order valence-corrected chi connectivity index (χ3v) is 4.65. The molecule has 0 aliphatic heterocycles. The van der Waals surface area contributed by atoms with Crippen LogP contribution in [0.25, 0.3) is 0 Å². The van der Waals surface area contributed by atoms with Crippen LogP contribution in [0, 0.1) is 0 Å². The largest absolute Gasteiger partial charge is 1.00 e. The van der Waals surface area contributed by atoms with E-state index in [9.17, 15) is 22.3 Å². The number of benzene rings is 1. The van der Waals surface area contributed by atoms with Gasteiger partial charge in [0, 0.05) is 4.90 Å². The molecule has 0 aromatic heterocycles. The second-order valence-corrected chi connectivity index (χ2v) is 6.14. The Kier molecular flexibility index (Phi) is 13.7. The van der Waals surface area contributed by atoms with E-state index in [1.54, 1.807) is 0 Å². The van der Waals surface area contributed by atoms with Crippen LogP contribution in [0.15, 0.2) is 53.5 Å². The summed E-state index contributed by atoms with van der Waals surface area (Å²) in [6.45, 7) is 0. The Morgan fingerprint density at radius 2 is 1.58 bits per heavy atom. The van der Waals surface area contributed by atoms with Crippen LogP contribution in [0.5, 0.6) is 0 Å². The van der Waals surface area contributed by atoms with Crippen molar-refractivity contribution in [3.63, 3.8) is 0 Å². The van der Waals surface area contributed by atoms with Crippen LogP contribution < -0.4 is 99.5 Å². The molecule has 0 bridgehead atoms. The molecule has 118 valence electrons. The van der Waals surface area contributed by atoms with Crippen molar-refractivity contribution in [2.45, 2.75) is 9.77 Å². The van der Waals surface area contributed by atoms with Gasteiger partial charge in [-0.3, -0.25) is 18.2 Å². The molecule has 0 saturated carbocycles. The van der Waals surface area contributed by atoms with Crippen molar-refractivity contribution in [1.29, 1.82) is 0 Å². The summed E-state index contributed by atoms with van der Waals surface area (Å²) in [7, 11) is 0. The van der Waals surface area contributed by atoms with Gasteiger partial charge in [0.25, 0.3) is 0 Å². The third kappa shape index (κ3) is 5.67. The molecule has 2 rings (SSSR count). The van der Waals surface area contributed by atoms with E-state index in [1.807, 2.05) is 0 Å². The topological polar surface area (TPSA) is 127 Å². The molecule has 0 amide bonds. The monoisotopic (exact) mass is 398 g/mol. The number of nitrogens with zero attached hydrogens (tertiary/aromatic N) is 1. The maximum Gasteiger partial charge on any atom is 1.00 e. The van der Waals surface area contributed by atoms with Gasteiger partial charge in [0.2, 0.25) is 0 Å². The number of nitrogens with two attached hydrogens (primary N) is 1. The fourth-order valence-electron chi connectivity index (χ4n) is 1.86. The van der Waals surface area contributed by atoms with E-state index in [0.29, 0.717) is 0 Å². The number of rotatable bonds is 4. The van der Waals surface area contributed by atoms with Crippen LogP contribution in [-0.4, -0.2) is 28.2 Å². The molecule has 0 heterocycles. The molecular weight excluding hydrogens is 385 g/mol. The van der Waals surface area contributed by atoms with E-state index in [0.717, 1.165) is 17.2 Å². The standard InChI is InChI=1S/C12H12N2O5S2.3Na.3H/c13-14(9-4-6-10(7-5-9)20(16)17)12(21(18)19)8-2-1-3-11(12)15;;;;;;/h1-8H,13H2,(H,16,17)(H,18,19);;;;;;/q;3*+1;3*-1/p-2. The van der Waals surface area contributed by atoms with Crippen LogP contribution >= 0.6 is 0 Å². The van der Waals surface area contributed by atoms with Gasteiger partial charge in [0.1, 0.15) is 0 Å². The molecule has 0 spiro atoms. The fourth-order valence-corrected chi connectivity index (χ4v) is 2.90. The first-order valence-electron chi connectivity index (χ1n) is 5.63. The number of hydrogen-bond acceptors (Lipinski definition) is 7.